The first-order chi connectivity index (χ1) is 8.22. The summed E-state index contributed by atoms with van der Waals surface area (Å²) in [5.74, 6) is 0.188. The van der Waals surface area contributed by atoms with Crippen LogP contribution in [-0.2, 0) is 9.53 Å². The average Bonchev–Trinajstić information content (AvgIpc) is 2.88. The van der Waals surface area contributed by atoms with E-state index in [9.17, 15) is 4.79 Å². The van der Waals surface area contributed by atoms with Crippen LogP contribution >= 0.6 is 0 Å². The first-order valence-electron chi connectivity index (χ1n) is 6.23. The van der Waals surface area contributed by atoms with E-state index < -0.39 is 6.10 Å². The summed E-state index contributed by atoms with van der Waals surface area (Å²) >= 11 is 0. The van der Waals surface area contributed by atoms with Gasteiger partial charge in [0, 0.05) is 13.1 Å². The van der Waals surface area contributed by atoms with Gasteiger partial charge >= 0.3 is 0 Å². The Morgan fingerprint density at radius 1 is 1.71 bits per heavy atom. The van der Waals surface area contributed by atoms with Gasteiger partial charge in [-0.2, -0.15) is 5.26 Å². The van der Waals surface area contributed by atoms with E-state index in [1.165, 1.54) is 0 Å². The quantitative estimate of drug-likeness (QED) is 0.741. The molecule has 0 aliphatic carbocycles. The molecular weight excluding hydrogens is 218 g/mol. The van der Waals surface area contributed by atoms with Crippen molar-refractivity contribution in [2.45, 2.75) is 25.9 Å². The van der Waals surface area contributed by atoms with E-state index in [-0.39, 0.29) is 11.3 Å². The minimum absolute atomic E-state index is 0.188. The number of hydrogen-bond donors (Lipinski definition) is 1. The van der Waals surface area contributed by atoms with E-state index in [0.717, 1.165) is 25.9 Å². The predicted molar refractivity (Wildman–Crippen MR) is 62.1 cm³/mol. The van der Waals surface area contributed by atoms with E-state index in [4.69, 9.17) is 10.00 Å². The van der Waals surface area contributed by atoms with E-state index in [1.807, 2.05) is 0 Å². The molecule has 0 saturated carbocycles. The number of hydrogen-bond acceptors (Lipinski definition) is 4. The van der Waals surface area contributed by atoms with Crippen LogP contribution < -0.4 is 5.32 Å². The Balaban J connectivity index is 2.06. The summed E-state index contributed by atoms with van der Waals surface area (Å²) in [6.07, 6.45) is 1.29. The lowest BCUT2D eigenvalue weighted by Gasteiger charge is -2.36. The van der Waals surface area contributed by atoms with Crippen molar-refractivity contribution in [1.29, 1.82) is 5.26 Å². The molecule has 2 aliphatic heterocycles. The molecule has 2 saturated heterocycles. The van der Waals surface area contributed by atoms with Gasteiger partial charge in [0.15, 0.2) is 6.10 Å². The molecule has 0 aromatic rings. The van der Waals surface area contributed by atoms with Crippen molar-refractivity contribution in [3.8, 4) is 6.07 Å². The second-order valence-corrected chi connectivity index (χ2v) is 4.80. The Labute approximate surface area is 102 Å². The minimum Gasteiger partial charge on any atom is -0.360 e. The molecule has 0 aromatic carbocycles. The Hall–Kier alpha value is -1.12. The highest BCUT2D eigenvalue weighted by molar-refractivity contribution is 5.83. The van der Waals surface area contributed by atoms with Crippen LogP contribution in [0.2, 0.25) is 0 Å². The molecule has 2 heterocycles. The fourth-order valence-corrected chi connectivity index (χ4v) is 2.63. The van der Waals surface area contributed by atoms with Gasteiger partial charge in [0.1, 0.15) is 0 Å². The third kappa shape index (κ3) is 2.28. The van der Waals surface area contributed by atoms with E-state index in [1.54, 1.807) is 4.90 Å². The lowest BCUT2D eigenvalue weighted by atomic mass is 9.82. The second-order valence-electron chi connectivity index (χ2n) is 4.80. The van der Waals surface area contributed by atoms with Crippen molar-refractivity contribution in [3.63, 3.8) is 0 Å². The van der Waals surface area contributed by atoms with Crippen molar-refractivity contribution in [2.75, 3.05) is 32.8 Å². The van der Waals surface area contributed by atoms with Gasteiger partial charge in [0.05, 0.1) is 24.6 Å². The molecule has 0 aromatic heterocycles. The number of carbonyl (C=O) groups is 1. The largest absolute Gasteiger partial charge is 0.360 e. The number of morpholine rings is 1. The molecular formula is C12H19N3O2. The summed E-state index contributed by atoms with van der Waals surface area (Å²) in [6.45, 7) is 5.22. The predicted octanol–water partition coefficient (Wildman–Crippen LogP) is 0.127. The van der Waals surface area contributed by atoms with Gasteiger partial charge < -0.3 is 15.0 Å². The zero-order chi connectivity index (χ0) is 12.3. The highest BCUT2D eigenvalue weighted by Crippen LogP contribution is 2.32. The molecule has 17 heavy (non-hydrogen) atoms. The molecule has 1 amide bonds. The maximum absolute atomic E-state index is 12.5. The van der Waals surface area contributed by atoms with Crippen LogP contribution in [0.4, 0.5) is 0 Å². The molecule has 5 nitrogen and oxygen atoms in total. The van der Waals surface area contributed by atoms with E-state index in [0.29, 0.717) is 19.7 Å². The van der Waals surface area contributed by atoms with Crippen molar-refractivity contribution in [2.24, 2.45) is 5.41 Å². The number of ether oxygens (including phenoxy) is 1. The van der Waals surface area contributed by atoms with E-state index in [2.05, 4.69) is 18.3 Å². The SMILES string of the molecule is CCC1(C(=O)N2CCOC(C#N)C2)CCNC1. The molecule has 0 radical (unpaired) electrons. The third-order valence-corrected chi connectivity index (χ3v) is 3.87. The second kappa shape index (κ2) is 5.03. The molecule has 0 bridgehead atoms. The van der Waals surface area contributed by atoms with Crippen LogP contribution in [0, 0.1) is 16.7 Å². The number of rotatable bonds is 2. The molecule has 2 atom stereocenters. The normalized spacial score (nSPS) is 33.4. The first kappa shape index (κ1) is 12.3. The summed E-state index contributed by atoms with van der Waals surface area (Å²) < 4.78 is 5.27. The van der Waals surface area contributed by atoms with Crippen molar-refractivity contribution in [3.05, 3.63) is 0 Å². The van der Waals surface area contributed by atoms with Crippen LogP contribution in [0.15, 0.2) is 0 Å². The highest BCUT2D eigenvalue weighted by Gasteiger charge is 2.43. The summed E-state index contributed by atoms with van der Waals surface area (Å²) in [5.41, 5.74) is -0.253. The number of carbonyl (C=O) groups excluding carboxylic acids is 1. The average molecular weight is 237 g/mol. The fraction of sp³-hybridized carbons (Fsp3) is 0.833. The van der Waals surface area contributed by atoms with Gasteiger partial charge in [-0.25, -0.2) is 0 Å². The van der Waals surface area contributed by atoms with Crippen molar-refractivity contribution >= 4 is 5.91 Å². The highest BCUT2D eigenvalue weighted by atomic mass is 16.5. The summed E-state index contributed by atoms with van der Waals surface area (Å²) in [5, 5.41) is 12.1. The number of nitrogens with zero attached hydrogens (tertiary/aromatic N) is 2. The van der Waals surface area contributed by atoms with Crippen LogP contribution in [0.25, 0.3) is 0 Å². The lowest BCUT2D eigenvalue weighted by molar-refractivity contribution is -0.147. The van der Waals surface area contributed by atoms with Crippen LogP contribution in [-0.4, -0.2) is 49.7 Å². The fourth-order valence-electron chi connectivity index (χ4n) is 2.63. The Morgan fingerprint density at radius 2 is 2.53 bits per heavy atom. The summed E-state index contributed by atoms with van der Waals surface area (Å²) in [6, 6.07) is 2.08. The number of amides is 1. The maximum atomic E-state index is 12.5. The number of nitriles is 1. The number of nitrogens with one attached hydrogen (secondary N) is 1. The third-order valence-electron chi connectivity index (χ3n) is 3.87. The smallest absolute Gasteiger partial charge is 0.230 e. The summed E-state index contributed by atoms with van der Waals surface area (Å²) in [4.78, 5) is 14.3. The van der Waals surface area contributed by atoms with Gasteiger partial charge in [-0.05, 0) is 19.4 Å². The zero-order valence-corrected chi connectivity index (χ0v) is 10.2. The van der Waals surface area contributed by atoms with Crippen LogP contribution in [0.1, 0.15) is 19.8 Å². The van der Waals surface area contributed by atoms with Gasteiger partial charge in [-0.15, -0.1) is 0 Å². The Bertz CT molecular complexity index is 331. The van der Waals surface area contributed by atoms with Gasteiger partial charge in [-0.1, -0.05) is 6.92 Å². The maximum Gasteiger partial charge on any atom is 0.230 e. The molecule has 2 fully saturated rings. The van der Waals surface area contributed by atoms with Gasteiger partial charge in [0.25, 0.3) is 0 Å². The van der Waals surface area contributed by atoms with Crippen LogP contribution in [0.5, 0.6) is 0 Å². The lowest BCUT2D eigenvalue weighted by Crippen LogP contribution is -2.51. The minimum atomic E-state index is -0.462. The van der Waals surface area contributed by atoms with E-state index >= 15 is 0 Å². The molecule has 2 aliphatic rings. The Morgan fingerprint density at radius 3 is 3.12 bits per heavy atom. The van der Waals surface area contributed by atoms with Gasteiger partial charge in [0.2, 0.25) is 5.91 Å². The molecule has 94 valence electrons. The molecule has 0 spiro atoms. The molecule has 2 rings (SSSR count). The standard InChI is InChI=1S/C12H19N3O2/c1-2-12(3-4-14-9-12)11(16)15-5-6-17-10(7-13)8-15/h10,14H,2-6,8-9H2,1H3. The van der Waals surface area contributed by atoms with Crippen molar-refractivity contribution in [1.82, 2.24) is 10.2 Å². The molecule has 1 N–H and O–H groups in total. The molecule has 2 unspecified atom stereocenters. The zero-order valence-electron chi connectivity index (χ0n) is 10.2. The van der Waals surface area contributed by atoms with Gasteiger partial charge in [-0.3, -0.25) is 4.79 Å². The van der Waals surface area contributed by atoms with Crippen LogP contribution in [0.3, 0.4) is 0 Å². The monoisotopic (exact) mass is 237 g/mol. The first-order valence-corrected chi connectivity index (χ1v) is 6.23. The summed E-state index contributed by atoms with van der Waals surface area (Å²) in [7, 11) is 0. The van der Waals surface area contributed by atoms with Crippen molar-refractivity contribution < 1.29 is 9.53 Å². The molecule has 5 heteroatoms. The Kier molecular flexibility index (Phi) is 3.65. The topological polar surface area (TPSA) is 65.4 Å².